The summed E-state index contributed by atoms with van der Waals surface area (Å²) in [5.41, 5.74) is 2.89. The number of aromatic nitrogens is 2. The second-order valence-electron chi connectivity index (χ2n) is 4.51. The molecule has 102 valence electrons. The molecule has 0 unspecified atom stereocenters. The van der Waals surface area contributed by atoms with Gasteiger partial charge >= 0.3 is 0 Å². The zero-order chi connectivity index (χ0) is 14.1. The van der Waals surface area contributed by atoms with E-state index in [2.05, 4.69) is 25.8 Å². The zero-order valence-electron chi connectivity index (χ0n) is 10.9. The average molecular weight is 293 g/mol. The maximum Gasteiger partial charge on any atom is 0.232 e. The van der Waals surface area contributed by atoms with Gasteiger partial charge < -0.3 is 10.6 Å². The van der Waals surface area contributed by atoms with Gasteiger partial charge in [0.2, 0.25) is 4.80 Å². The molecule has 2 aromatic carbocycles. The SMILES string of the molecule is c1ccc(N=c2nnc3c(s2)Nc2ccccc2N3)cc1. The first-order valence-electron chi connectivity index (χ1n) is 6.49. The molecule has 0 fully saturated rings. The summed E-state index contributed by atoms with van der Waals surface area (Å²) in [6.07, 6.45) is 0. The Hall–Kier alpha value is -2.73. The lowest BCUT2D eigenvalue weighted by Gasteiger charge is -2.19. The third kappa shape index (κ3) is 2.36. The van der Waals surface area contributed by atoms with Crippen molar-refractivity contribution < 1.29 is 0 Å². The number of rotatable bonds is 1. The fourth-order valence-electron chi connectivity index (χ4n) is 2.07. The van der Waals surface area contributed by atoms with Crippen LogP contribution in [-0.2, 0) is 0 Å². The van der Waals surface area contributed by atoms with Crippen molar-refractivity contribution in [2.45, 2.75) is 0 Å². The van der Waals surface area contributed by atoms with E-state index in [-0.39, 0.29) is 0 Å². The number of nitrogens with one attached hydrogen (secondary N) is 2. The minimum Gasteiger partial charge on any atom is -0.342 e. The highest BCUT2D eigenvalue weighted by atomic mass is 32.1. The highest BCUT2D eigenvalue weighted by Gasteiger charge is 2.15. The summed E-state index contributed by atoms with van der Waals surface area (Å²) in [7, 11) is 0. The van der Waals surface area contributed by atoms with E-state index < -0.39 is 0 Å². The molecule has 2 heterocycles. The van der Waals surface area contributed by atoms with E-state index in [1.807, 2.05) is 54.6 Å². The number of para-hydroxylation sites is 3. The van der Waals surface area contributed by atoms with Crippen LogP contribution in [0.25, 0.3) is 0 Å². The summed E-state index contributed by atoms with van der Waals surface area (Å²) in [6.45, 7) is 0. The van der Waals surface area contributed by atoms with Crippen LogP contribution in [0.2, 0.25) is 0 Å². The number of fused-ring (bicyclic) bond motifs is 2. The van der Waals surface area contributed by atoms with Crippen molar-refractivity contribution in [3.63, 3.8) is 0 Å². The Morgan fingerprint density at radius 3 is 2.33 bits per heavy atom. The molecular weight excluding hydrogens is 282 g/mol. The summed E-state index contributed by atoms with van der Waals surface area (Å²) in [4.78, 5) is 5.10. The molecule has 1 aromatic heterocycles. The molecule has 0 spiro atoms. The van der Waals surface area contributed by atoms with Crippen LogP contribution in [0.4, 0.5) is 27.9 Å². The summed E-state index contributed by atoms with van der Waals surface area (Å²) in [6, 6.07) is 17.7. The standard InChI is InChI=1S/C15H11N5S/c1-2-6-10(7-3-1)16-15-20-19-13-14(21-15)18-12-9-5-4-8-11(12)17-13/h1-9,17-18H. The van der Waals surface area contributed by atoms with Gasteiger partial charge in [-0.3, -0.25) is 0 Å². The van der Waals surface area contributed by atoms with Crippen molar-refractivity contribution in [2.75, 3.05) is 10.6 Å². The third-order valence-corrected chi connectivity index (χ3v) is 3.91. The van der Waals surface area contributed by atoms with Crippen molar-refractivity contribution in [1.29, 1.82) is 0 Å². The van der Waals surface area contributed by atoms with Gasteiger partial charge in [0.15, 0.2) is 5.82 Å². The van der Waals surface area contributed by atoms with Crippen molar-refractivity contribution in [3.8, 4) is 0 Å². The fraction of sp³-hybridized carbons (Fsp3) is 0. The zero-order valence-corrected chi connectivity index (χ0v) is 11.8. The Balaban J connectivity index is 1.75. The van der Waals surface area contributed by atoms with Crippen LogP contribution in [-0.4, -0.2) is 10.2 Å². The van der Waals surface area contributed by atoms with Crippen LogP contribution in [0.5, 0.6) is 0 Å². The first-order chi connectivity index (χ1) is 10.4. The summed E-state index contributed by atoms with van der Waals surface area (Å²) >= 11 is 1.47. The molecule has 0 bridgehead atoms. The van der Waals surface area contributed by atoms with E-state index >= 15 is 0 Å². The van der Waals surface area contributed by atoms with E-state index in [0.29, 0.717) is 4.80 Å². The van der Waals surface area contributed by atoms with Gasteiger partial charge in [0.25, 0.3) is 0 Å². The molecule has 1 aliphatic heterocycles. The maximum absolute atomic E-state index is 4.48. The molecule has 4 rings (SSSR count). The second kappa shape index (κ2) is 4.99. The van der Waals surface area contributed by atoms with E-state index in [1.54, 1.807) is 0 Å². The Labute approximate surface area is 125 Å². The quantitative estimate of drug-likeness (QED) is 0.563. The number of anilines is 4. The van der Waals surface area contributed by atoms with Crippen molar-refractivity contribution in [3.05, 3.63) is 59.4 Å². The Bertz CT molecular complexity index is 857. The molecule has 0 saturated carbocycles. The van der Waals surface area contributed by atoms with Gasteiger partial charge in [0, 0.05) is 0 Å². The molecule has 0 aliphatic carbocycles. The first-order valence-corrected chi connectivity index (χ1v) is 7.31. The highest BCUT2D eigenvalue weighted by molar-refractivity contribution is 7.13. The van der Waals surface area contributed by atoms with Gasteiger partial charge in [-0.15, -0.1) is 10.2 Å². The van der Waals surface area contributed by atoms with Gasteiger partial charge in [-0.05, 0) is 24.3 Å². The average Bonchev–Trinajstić information content (AvgIpc) is 2.54. The lowest BCUT2D eigenvalue weighted by molar-refractivity contribution is 0.998. The summed E-state index contributed by atoms with van der Waals surface area (Å²) < 4.78 is 0. The van der Waals surface area contributed by atoms with E-state index in [4.69, 9.17) is 0 Å². The molecule has 3 aromatic rings. The molecule has 0 amide bonds. The summed E-state index contributed by atoms with van der Waals surface area (Å²) in [5.74, 6) is 0.728. The second-order valence-corrected chi connectivity index (χ2v) is 5.48. The molecule has 6 heteroatoms. The normalized spacial score (nSPS) is 12.9. The van der Waals surface area contributed by atoms with Gasteiger partial charge in [-0.1, -0.05) is 41.7 Å². The van der Waals surface area contributed by atoms with Crippen LogP contribution in [0, 0.1) is 0 Å². The number of benzene rings is 2. The molecule has 0 saturated heterocycles. The third-order valence-electron chi connectivity index (χ3n) is 3.05. The van der Waals surface area contributed by atoms with Crippen LogP contribution in [0.1, 0.15) is 0 Å². The molecule has 21 heavy (non-hydrogen) atoms. The van der Waals surface area contributed by atoms with Gasteiger partial charge in [0.05, 0.1) is 17.1 Å². The van der Waals surface area contributed by atoms with Crippen molar-refractivity contribution >= 4 is 39.2 Å². The Morgan fingerprint density at radius 1 is 0.810 bits per heavy atom. The van der Waals surface area contributed by atoms with Gasteiger partial charge in [0.1, 0.15) is 5.00 Å². The predicted molar refractivity (Wildman–Crippen MR) is 84.6 cm³/mol. The number of nitrogens with zero attached hydrogens (tertiary/aromatic N) is 3. The number of hydrogen-bond acceptors (Lipinski definition) is 6. The van der Waals surface area contributed by atoms with Gasteiger partial charge in [-0.25, -0.2) is 4.99 Å². The van der Waals surface area contributed by atoms with Crippen molar-refractivity contribution in [2.24, 2.45) is 4.99 Å². The van der Waals surface area contributed by atoms with Crippen molar-refractivity contribution in [1.82, 2.24) is 10.2 Å². The first kappa shape index (κ1) is 12.0. The minimum absolute atomic E-state index is 0.619. The lowest BCUT2D eigenvalue weighted by Crippen LogP contribution is -2.13. The van der Waals surface area contributed by atoms with Crippen LogP contribution >= 0.6 is 11.3 Å². The van der Waals surface area contributed by atoms with Crippen LogP contribution < -0.4 is 15.4 Å². The summed E-state index contributed by atoms with van der Waals surface area (Å²) in [5, 5.41) is 15.9. The fourth-order valence-corrected chi connectivity index (χ4v) is 2.84. The predicted octanol–water partition coefficient (Wildman–Crippen LogP) is 3.57. The molecular formula is C15H11N5S. The van der Waals surface area contributed by atoms with E-state index in [1.165, 1.54) is 11.3 Å². The largest absolute Gasteiger partial charge is 0.342 e. The molecule has 0 atom stereocenters. The van der Waals surface area contributed by atoms with Crippen LogP contribution in [0.3, 0.4) is 0 Å². The van der Waals surface area contributed by atoms with Crippen LogP contribution in [0.15, 0.2) is 59.6 Å². The topological polar surface area (TPSA) is 62.2 Å². The van der Waals surface area contributed by atoms with Gasteiger partial charge in [-0.2, -0.15) is 0 Å². The minimum atomic E-state index is 0.619. The van der Waals surface area contributed by atoms with E-state index in [0.717, 1.165) is 27.9 Å². The molecule has 5 nitrogen and oxygen atoms in total. The Morgan fingerprint density at radius 2 is 1.52 bits per heavy atom. The highest BCUT2D eigenvalue weighted by Crippen LogP contribution is 2.37. The monoisotopic (exact) mass is 293 g/mol. The van der Waals surface area contributed by atoms with E-state index in [9.17, 15) is 0 Å². The molecule has 1 aliphatic rings. The smallest absolute Gasteiger partial charge is 0.232 e. The number of hydrogen-bond donors (Lipinski definition) is 2. The maximum atomic E-state index is 4.48. The Kier molecular flexibility index (Phi) is 2.86. The lowest BCUT2D eigenvalue weighted by atomic mass is 10.2. The molecule has 0 radical (unpaired) electrons. The molecule has 2 N–H and O–H groups in total.